The molecule has 0 atom stereocenters. The normalized spacial score (nSPS) is 10.6. The van der Waals surface area contributed by atoms with Crippen LogP contribution in [0.25, 0.3) is 0 Å². The van der Waals surface area contributed by atoms with Crippen molar-refractivity contribution in [3.63, 3.8) is 0 Å². The van der Waals surface area contributed by atoms with Gasteiger partial charge in [0.1, 0.15) is 0 Å². The Hall–Kier alpha value is -1.46. The first-order chi connectivity index (χ1) is 8.25. The Labute approximate surface area is 111 Å². The van der Waals surface area contributed by atoms with Gasteiger partial charge >= 0.3 is 0 Å². The van der Waals surface area contributed by atoms with Crippen LogP contribution in [0.4, 0.5) is 0 Å². The maximum absolute atomic E-state index is 11.5. The van der Waals surface area contributed by atoms with Gasteiger partial charge in [-0.2, -0.15) is 5.10 Å². The molecular weight excluding hydrogens is 300 g/mol. The van der Waals surface area contributed by atoms with Crippen molar-refractivity contribution in [2.24, 2.45) is 5.10 Å². The second-order valence-corrected chi connectivity index (χ2v) is 5.09. The number of halogens is 1. The van der Waals surface area contributed by atoms with Gasteiger partial charge in [0, 0.05) is 4.47 Å². The van der Waals surface area contributed by atoms with E-state index in [2.05, 4.69) is 26.5 Å². The summed E-state index contributed by atoms with van der Waals surface area (Å²) < 4.78 is 0.978. The molecular formula is C12H9BrN2OS. The van der Waals surface area contributed by atoms with Gasteiger partial charge in [-0.1, -0.05) is 34.1 Å². The Balaban J connectivity index is 1.96. The molecule has 2 aromatic rings. The molecule has 2 rings (SSSR count). The molecule has 0 radical (unpaired) electrons. The average Bonchev–Trinajstić information content (AvgIpc) is 2.82. The number of thiophene rings is 1. The minimum absolute atomic E-state index is 0.189. The molecule has 3 nitrogen and oxygen atoms in total. The fourth-order valence-electron chi connectivity index (χ4n) is 1.22. The number of carbonyl (C=O) groups excluding carboxylic acids is 1. The van der Waals surface area contributed by atoms with Gasteiger partial charge in [-0.3, -0.25) is 4.79 Å². The molecule has 0 aliphatic heterocycles. The van der Waals surface area contributed by atoms with Crippen LogP contribution < -0.4 is 5.43 Å². The standard InChI is InChI=1S/C12H9BrN2OS/c13-10-4-1-3-9(7-10)8-14-15-12(16)11-5-2-6-17-11/h1-8H,(H,15,16)/b14-8-. The largest absolute Gasteiger partial charge is 0.281 e. The monoisotopic (exact) mass is 308 g/mol. The topological polar surface area (TPSA) is 41.5 Å². The smallest absolute Gasteiger partial charge is 0.266 e. The van der Waals surface area contributed by atoms with E-state index in [-0.39, 0.29) is 5.91 Å². The number of nitrogens with one attached hydrogen (secondary N) is 1. The summed E-state index contributed by atoms with van der Waals surface area (Å²) in [5, 5.41) is 5.75. The van der Waals surface area contributed by atoms with E-state index in [1.165, 1.54) is 11.3 Å². The lowest BCUT2D eigenvalue weighted by Gasteiger charge is -1.96. The van der Waals surface area contributed by atoms with E-state index < -0.39 is 0 Å². The lowest BCUT2D eigenvalue weighted by atomic mass is 10.2. The Morgan fingerprint density at radius 2 is 2.24 bits per heavy atom. The summed E-state index contributed by atoms with van der Waals surface area (Å²) in [6.45, 7) is 0. The highest BCUT2D eigenvalue weighted by molar-refractivity contribution is 9.10. The number of rotatable bonds is 3. The molecule has 0 aliphatic rings. The lowest BCUT2D eigenvalue weighted by molar-refractivity contribution is 0.0959. The summed E-state index contributed by atoms with van der Waals surface area (Å²) in [6.07, 6.45) is 1.61. The van der Waals surface area contributed by atoms with Crippen LogP contribution in [0.5, 0.6) is 0 Å². The summed E-state index contributed by atoms with van der Waals surface area (Å²) in [5.41, 5.74) is 3.40. The minimum atomic E-state index is -0.189. The van der Waals surface area contributed by atoms with Crippen LogP contribution in [0.15, 0.2) is 51.4 Å². The number of benzene rings is 1. The van der Waals surface area contributed by atoms with Crippen molar-refractivity contribution in [1.82, 2.24) is 5.43 Å². The number of carbonyl (C=O) groups is 1. The quantitative estimate of drug-likeness (QED) is 0.686. The molecule has 0 fully saturated rings. The third-order valence-corrected chi connectivity index (χ3v) is 3.34. The summed E-state index contributed by atoms with van der Waals surface area (Å²) in [5.74, 6) is -0.189. The highest BCUT2D eigenvalue weighted by Gasteiger charge is 2.03. The van der Waals surface area contributed by atoms with Gasteiger partial charge in [-0.15, -0.1) is 11.3 Å². The van der Waals surface area contributed by atoms with E-state index in [1.807, 2.05) is 35.7 Å². The van der Waals surface area contributed by atoms with Gasteiger partial charge in [-0.05, 0) is 29.1 Å². The van der Waals surface area contributed by atoms with Gasteiger partial charge in [0.25, 0.3) is 5.91 Å². The van der Waals surface area contributed by atoms with E-state index in [0.29, 0.717) is 4.88 Å². The highest BCUT2D eigenvalue weighted by Crippen LogP contribution is 2.10. The SMILES string of the molecule is O=C(N/N=C\c1cccc(Br)c1)c1cccs1. The third kappa shape index (κ3) is 3.51. The van der Waals surface area contributed by atoms with Gasteiger partial charge in [-0.25, -0.2) is 5.43 Å². The molecule has 17 heavy (non-hydrogen) atoms. The summed E-state index contributed by atoms with van der Waals surface area (Å²) in [7, 11) is 0. The zero-order valence-electron chi connectivity index (χ0n) is 8.76. The Bertz CT molecular complexity index is 537. The van der Waals surface area contributed by atoms with Gasteiger partial charge in [0.2, 0.25) is 0 Å². The second kappa shape index (κ2) is 5.75. The van der Waals surface area contributed by atoms with Crippen LogP contribution in [-0.2, 0) is 0 Å². The molecule has 86 valence electrons. The highest BCUT2D eigenvalue weighted by atomic mass is 79.9. The Morgan fingerprint density at radius 3 is 2.94 bits per heavy atom. The molecule has 0 saturated heterocycles. The van der Waals surface area contributed by atoms with Gasteiger partial charge in [0.05, 0.1) is 11.1 Å². The molecule has 0 unspecified atom stereocenters. The maximum Gasteiger partial charge on any atom is 0.281 e. The maximum atomic E-state index is 11.5. The van der Waals surface area contributed by atoms with E-state index in [0.717, 1.165) is 10.0 Å². The van der Waals surface area contributed by atoms with Crippen LogP contribution in [0.3, 0.4) is 0 Å². The molecule has 1 aromatic carbocycles. The predicted molar refractivity (Wildman–Crippen MR) is 73.5 cm³/mol. The van der Waals surface area contributed by atoms with Crippen LogP contribution in [-0.4, -0.2) is 12.1 Å². The van der Waals surface area contributed by atoms with Gasteiger partial charge < -0.3 is 0 Å². The minimum Gasteiger partial charge on any atom is -0.266 e. The summed E-state index contributed by atoms with van der Waals surface area (Å²) >= 11 is 4.75. The zero-order valence-corrected chi connectivity index (χ0v) is 11.2. The van der Waals surface area contributed by atoms with Crippen molar-refractivity contribution in [2.45, 2.75) is 0 Å². The molecule has 0 spiro atoms. The van der Waals surface area contributed by atoms with Crippen LogP contribution in [0, 0.1) is 0 Å². The zero-order chi connectivity index (χ0) is 12.1. The number of hydrogen-bond acceptors (Lipinski definition) is 3. The number of hydrogen-bond donors (Lipinski definition) is 1. The predicted octanol–water partition coefficient (Wildman–Crippen LogP) is 3.27. The van der Waals surface area contributed by atoms with Crippen molar-refractivity contribution in [3.05, 3.63) is 56.7 Å². The summed E-state index contributed by atoms with van der Waals surface area (Å²) in [6, 6.07) is 11.3. The van der Waals surface area contributed by atoms with Crippen molar-refractivity contribution in [2.75, 3.05) is 0 Å². The fraction of sp³-hybridized carbons (Fsp3) is 0. The van der Waals surface area contributed by atoms with Crippen molar-refractivity contribution in [1.29, 1.82) is 0 Å². The second-order valence-electron chi connectivity index (χ2n) is 3.23. The van der Waals surface area contributed by atoms with E-state index in [1.54, 1.807) is 12.3 Å². The number of hydrazone groups is 1. The number of amides is 1. The molecule has 0 saturated carbocycles. The molecule has 1 aromatic heterocycles. The van der Waals surface area contributed by atoms with E-state index in [4.69, 9.17) is 0 Å². The Morgan fingerprint density at radius 1 is 1.35 bits per heavy atom. The molecule has 1 heterocycles. The van der Waals surface area contributed by atoms with Crippen LogP contribution in [0.2, 0.25) is 0 Å². The fourth-order valence-corrected chi connectivity index (χ4v) is 2.25. The summed E-state index contributed by atoms with van der Waals surface area (Å²) in [4.78, 5) is 12.2. The van der Waals surface area contributed by atoms with E-state index in [9.17, 15) is 4.79 Å². The first-order valence-corrected chi connectivity index (χ1v) is 6.55. The van der Waals surface area contributed by atoms with E-state index >= 15 is 0 Å². The first-order valence-electron chi connectivity index (χ1n) is 4.88. The average molecular weight is 309 g/mol. The van der Waals surface area contributed by atoms with Crippen LogP contribution in [0.1, 0.15) is 15.2 Å². The lowest BCUT2D eigenvalue weighted by Crippen LogP contribution is -2.16. The first kappa shape index (κ1) is 12.0. The molecule has 1 amide bonds. The molecule has 0 bridgehead atoms. The molecule has 1 N–H and O–H groups in total. The van der Waals surface area contributed by atoms with Crippen molar-refractivity contribution < 1.29 is 4.79 Å². The van der Waals surface area contributed by atoms with Crippen LogP contribution >= 0.6 is 27.3 Å². The molecule has 0 aliphatic carbocycles. The third-order valence-electron chi connectivity index (χ3n) is 1.97. The van der Waals surface area contributed by atoms with Gasteiger partial charge in [0.15, 0.2) is 0 Å². The Kier molecular flexibility index (Phi) is 4.06. The van der Waals surface area contributed by atoms with Crippen molar-refractivity contribution >= 4 is 39.4 Å². The molecule has 5 heteroatoms. The number of nitrogens with zero attached hydrogens (tertiary/aromatic N) is 1. The van der Waals surface area contributed by atoms with Crippen molar-refractivity contribution in [3.8, 4) is 0 Å².